The highest BCUT2D eigenvalue weighted by atomic mass is 35.5. The molecule has 0 aliphatic carbocycles. The van der Waals surface area contributed by atoms with Gasteiger partial charge in [0.2, 0.25) is 0 Å². The highest BCUT2D eigenvalue weighted by molar-refractivity contribution is 6.39. The zero-order valence-electron chi connectivity index (χ0n) is 8.93. The first-order valence-corrected chi connectivity index (χ1v) is 5.85. The van der Waals surface area contributed by atoms with Crippen LogP contribution in [0.25, 0.3) is 0 Å². The Bertz CT molecular complexity index is 354. The molecule has 0 bridgehead atoms. The molecule has 1 aromatic rings. The number of anilines is 1. The molecule has 1 aromatic carbocycles. The van der Waals surface area contributed by atoms with Crippen LogP contribution >= 0.6 is 23.2 Å². The van der Waals surface area contributed by atoms with Crippen LogP contribution in [-0.2, 0) is 0 Å². The monoisotopic (exact) mass is 242 g/mol. The molecule has 15 heavy (non-hydrogen) atoms. The fourth-order valence-electron chi connectivity index (χ4n) is 2.03. The van der Waals surface area contributed by atoms with Gasteiger partial charge >= 0.3 is 0 Å². The van der Waals surface area contributed by atoms with Crippen molar-refractivity contribution in [3.8, 4) is 0 Å². The first-order chi connectivity index (χ1) is 7.02. The van der Waals surface area contributed by atoms with Crippen molar-refractivity contribution in [3.63, 3.8) is 0 Å². The molecule has 1 saturated heterocycles. The lowest BCUT2D eigenvalue weighted by Crippen LogP contribution is -2.36. The van der Waals surface area contributed by atoms with Crippen molar-refractivity contribution < 1.29 is 0 Å². The van der Waals surface area contributed by atoms with E-state index in [0.29, 0.717) is 10.0 Å². The van der Waals surface area contributed by atoms with Crippen LogP contribution in [0.4, 0.5) is 5.69 Å². The van der Waals surface area contributed by atoms with Gasteiger partial charge in [-0.2, -0.15) is 0 Å². The Kier molecular flexibility index (Phi) is 2.87. The van der Waals surface area contributed by atoms with Crippen LogP contribution in [0.5, 0.6) is 0 Å². The van der Waals surface area contributed by atoms with E-state index in [1.54, 1.807) is 0 Å². The van der Waals surface area contributed by atoms with Gasteiger partial charge in [-0.15, -0.1) is 0 Å². The van der Waals surface area contributed by atoms with Gasteiger partial charge in [0.05, 0.1) is 22.3 Å². The summed E-state index contributed by atoms with van der Waals surface area (Å²) in [5.74, 6) is 0. The van der Waals surface area contributed by atoms with Crippen molar-refractivity contribution >= 4 is 28.9 Å². The normalized spacial score (nSPS) is 19.6. The zero-order valence-corrected chi connectivity index (χ0v) is 10.4. The Labute approximate surface area is 101 Å². The van der Waals surface area contributed by atoms with Gasteiger partial charge in [0.15, 0.2) is 0 Å². The molecule has 1 fully saturated rings. The number of benzene rings is 1. The molecular formula is C12H14Cl2N. The lowest BCUT2D eigenvalue weighted by molar-refractivity contribution is 0.521. The number of hydrogen-bond acceptors (Lipinski definition) is 1. The quantitative estimate of drug-likeness (QED) is 0.700. The van der Waals surface area contributed by atoms with E-state index in [-0.39, 0.29) is 5.54 Å². The Hall–Kier alpha value is -0.400. The fraction of sp³-hybridized carbons (Fsp3) is 0.417. The SMILES string of the molecule is CC1(C)CC[CH]N1c1c(Cl)cccc1Cl. The minimum absolute atomic E-state index is 0.106. The molecule has 0 amide bonds. The largest absolute Gasteiger partial charge is 0.359 e. The molecule has 1 nitrogen and oxygen atoms in total. The van der Waals surface area contributed by atoms with E-state index < -0.39 is 0 Å². The summed E-state index contributed by atoms with van der Waals surface area (Å²) in [5, 5.41) is 1.43. The maximum atomic E-state index is 6.19. The van der Waals surface area contributed by atoms with E-state index in [2.05, 4.69) is 25.3 Å². The summed E-state index contributed by atoms with van der Waals surface area (Å²) < 4.78 is 0. The molecule has 0 aromatic heterocycles. The van der Waals surface area contributed by atoms with Gasteiger partial charge in [-0.3, -0.25) is 0 Å². The molecule has 0 atom stereocenters. The van der Waals surface area contributed by atoms with Gasteiger partial charge in [-0.05, 0) is 38.8 Å². The van der Waals surface area contributed by atoms with Crippen molar-refractivity contribution in [1.82, 2.24) is 0 Å². The molecule has 81 valence electrons. The summed E-state index contributed by atoms with van der Waals surface area (Å²) >= 11 is 12.4. The van der Waals surface area contributed by atoms with Crippen LogP contribution in [0.15, 0.2) is 18.2 Å². The third-order valence-corrected chi connectivity index (χ3v) is 3.51. The summed E-state index contributed by atoms with van der Waals surface area (Å²) in [6.07, 6.45) is 2.21. The molecular weight excluding hydrogens is 229 g/mol. The van der Waals surface area contributed by atoms with Crippen LogP contribution in [0.1, 0.15) is 26.7 Å². The lowest BCUT2D eigenvalue weighted by Gasteiger charge is -2.34. The number of halogens is 2. The van der Waals surface area contributed by atoms with Crippen LogP contribution in [0.3, 0.4) is 0 Å². The molecule has 1 heterocycles. The summed E-state index contributed by atoms with van der Waals surface area (Å²) in [5.41, 5.74) is 1.04. The average molecular weight is 243 g/mol. The van der Waals surface area contributed by atoms with Gasteiger partial charge < -0.3 is 4.90 Å². The minimum Gasteiger partial charge on any atom is -0.359 e. The van der Waals surface area contributed by atoms with Gasteiger partial charge in [-0.1, -0.05) is 29.3 Å². The first kappa shape index (κ1) is 11.1. The second kappa shape index (κ2) is 3.88. The molecule has 2 rings (SSSR count). The van der Waals surface area contributed by atoms with Crippen molar-refractivity contribution in [2.75, 3.05) is 4.90 Å². The third kappa shape index (κ3) is 1.95. The van der Waals surface area contributed by atoms with E-state index in [9.17, 15) is 0 Å². The summed E-state index contributed by atoms with van der Waals surface area (Å²) in [4.78, 5) is 2.19. The molecule has 1 aliphatic heterocycles. The zero-order chi connectivity index (χ0) is 11.1. The summed E-state index contributed by atoms with van der Waals surface area (Å²) in [6, 6.07) is 5.63. The van der Waals surface area contributed by atoms with E-state index in [0.717, 1.165) is 18.5 Å². The van der Waals surface area contributed by atoms with Gasteiger partial charge in [0.1, 0.15) is 0 Å². The van der Waals surface area contributed by atoms with Crippen molar-refractivity contribution in [2.24, 2.45) is 0 Å². The maximum Gasteiger partial charge on any atom is 0.0752 e. The van der Waals surface area contributed by atoms with E-state index in [1.165, 1.54) is 0 Å². The lowest BCUT2D eigenvalue weighted by atomic mass is 10.0. The van der Waals surface area contributed by atoms with Crippen LogP contribution in [-0.4, -0.2) is 5.54 Å². The molecule has 1 radical (unpaired) electrons. The molecule has 0 N–H and O–H groups in total. The minimum atomic E-state index is 0.106. The Morgan fingerprint density at radius 3 is 2.27 bits per heavy atom. The van der Waals surface area contributed by atoms with E-state index in [1.807, 2.05) is 18.2 Å². The smallest absolute Gasteiger partial charge is 0.0752 e. The second-order valence-corrected chi connectivity index (χ2v) is 5.29. The molecule has 0 unspecified atom stereocenters. The number of hydrogen-bond donors (Lipinski definition) is 0. The van der Waals surface area contributed by atoms with Gasteiger partial charge in [0, 0.05) is 5.54 Å². The number of rotatable bonds is 1. The second-order valence-electron chi connectivity index (χ2n) is 4.47. The molecule has 1 aliphatic rings. The summed E-state index contributed by atoms with van der Waals surface area (Å²) in [7, 11) is 0. The highest BCUT2D eigenvalue weighted by Gasteiger charge is 2.34. The van der Waals surface area contributed by atoms with Crippen LogP contribution in [0, 0.1) is 6.54 Å². The van der Waals surface area contributed by atoms with E-state index >= 15 is 0 Å². The number of nitrogens with zero attached hydrogens (tertiary/aromatic N) is 1. The average Bonchev–Trinajstić information content (AvgIpc) is 2.46. The number of para-hydroxylation sites is 1. The predicted molar refractivity (Wildman–Crippen MR) is 66.6 cm³/mol. The molecule has 3 heteroatoms. The molecule has 0 saturated carbocycles. The third-order valence-electron chi connectivity index (χ3n) is 2.90. The topological polar surface area (TPSA) is 3.24 Å². The van der Waals surface area contributed by atoms with E-state index in [4.69, 9.17) is 23.2 Å². The fourth-order valence-corrected chi connectivity index (χ4v) is 2.61. The first-order valence-electron chi connectivity index (χ1n) is 5.09. The standard InChI is InChI=1S/C12H14Cl2N/c1-12(2)7-4-8-15(12)11-9(13)5-3-6-10(11)14/h3,5-6,8H,4,7H2,1-2H3. The van der Waals surface area contributed by atoms with Crippen molar-refractivity contribution in [2.45, 2.75) is 32.2 Å². The maximum absolute atomic E-state index is 6.19. The Morgan fingerprint density at radius 2 is 1.80 bits per heavy atom. The summed E-state index contributed by atoms with van der Waals surface area (Å²) in [6.45, 7) is 6.58. The van der Waals surface area contributed by atoms with Crippen LogP contribution < -0.4 is 4.90 Å². The molecule has 0 spiro atoms. The highest BCUT2D eigenvalue weighted by Crippen LogP contribution is 2.43. The van der Waals surface area contributed by atoms with Crippen LogP contribution in [0.2, 0.25) is 10.0 Å². The van der Waals surface area contributed by atoms with Crippen molar-refractivity contribution in [1.29, 1.82) is 0 Å². The Morgan fingerprint density at radius 1 is 1.20 bits per heavy atom. The van der Waals surface area contributed by atoms with Gasteiger partial charge in [-0.25, -0.2) is 0 Å². The van der Waals surface area contributed by atoms with Crippen molar-refractivity contribution in [3.05, 3.63) is 34.8 Å². The Balaban J connectivity index is 2.45. The van der Waals surface area contributed by atoms with Gasteiger partial charge in [0.25, 0.3) is 0 Å². The predicted octanol–water partition coefficient (Wildman–Crippen LogP) is 4.53.